The molecule has 1 N–H and O–H groups in total. The molecule has 0 spiro atoms. The van der Waals surface area contributed by atoms with Gasteiger partial charge in [-0.1, -0.05) is 6.07 Å². The second-order valence-electron chi connectivity index (χ2n) is 3.41. The molecule has 0 aliphatic carbocycles. The first-order valence-corrected chi connectivity index (χ1v) is 4.47. The maximum absolute atomic E-state index is 9.01. The van der Waals surface area contributed by atoms with E-state index in [0.717, 1.165) is 5.75 Å². The van der Waals surface area contributed by atoms with Crippen molar-refractivity contribution < 1.29 is 9.84 Å². The van der Waals surface area contributed by atoms with Crippen LogP contribution in [0.2, 0.25) is 0 Å². The molecule has 0 saturated carbocycles. The van der Waals surface area contributed by atoms with Gasteiger partial charge in [0.05, 0.1) is 6.10 Å². The number of aliphatic hydroxyl groups is 1. The first-order valence-electron chi connectivity index (χ1n) is 4.47. The maximum atomic E-state index is 9.01. The van der Waals surface area contributed by atoms with Gasteiger partial charge in [-0.3, -0.25) is 0 Å². The Kier molecular flexibility index (Phi) is 3.32. The van der Waals surface area contributed by atoms with E-state index in [2.05, 4.69) is 6.92 Å². The van der Waals surface area contributed by atoms with Gasteiger partial charge in [0, 0.05) is 0 Å². The fourth-order valence-corrected chi connectivity index (χ4v) is 1.02. The Labute approximate surface area is 79.2 Å². The summed E-state index contributed by atoms with van der Waals surface area (Å²) in [7, 11) is 0. The zero-order chi connectivity index (χ0) is 9.84. The summed E-state index contributed by atoms with van der Waals surface area (Å²) < 4.78 is 5.35. The van der Waals surface area contributed by atoms with Crippen LogP contribution in [-0.4, -0.2) is 17.8 Å². The second-order valence-corrected chi connectivity index (χ2v) is 3.41. The van der Waals surface area contributed by atoms with Crippen molar-refractivity contribution in [3.8, 4) is 5.75 Å². The quantitative estimate of drug-likeness (QED) is 0.771. The van der Waals surface area contributed by atoms with Crippen LogP contribution in [0.15, 0.2) is 18.2 Å². The molecule has 0 saturated heterocycles. The highest BCUT2D eigenvalue weighted by molar-refractivity contribution is 5.33. The van der Waals surface area contributed by atoms with Crippen molar-refractivity contribution in [1.29, 1.82) is 0 Å². The first-order chi connectivity index (χ1) is 6.09. The molecule has 1 aromatic carbocycles. The van der Waals surface area contributed by atoms with Gasteiger partial charge in [0.2, 0.25) is 0 Å². The van der Waals surface area contributed by atoms with E-state index in [-0.39, 0.29) is 0 Å². The number of ether oxygens (including phenoxy) is 1. The van der Waals surface area contributed by atoms with Gasteiger partial charge in [0.15, 0.2) is 0 Å². The monoisotopic (exact) mass is 180 g/mol. The van der Waals surface area contributed by atoms with Crippen LogP contribution in [0.25, 0.3) is 0 Å². The van der Waals surface area contributed by atoms with Crippen molar-refractivity contribution in [3.05, 3.63) is 29.3 Å². The fourth-order valence-electron chi connectivity index (χ4n) is 1.02. The van der Waals surface area contributed by atoms with Gasteiger partial charge in [-0.25, -0.2) is 0 Å². The third-order valence-electron chi connectivity index (χ3n) is 1.97. The first kappa shape index (κ1) is 10.1. The Morgan fingerprint density at radius 2 is 2.00 bits per heavy atom. The van der Waals surface area contributed by atoms with Crippen LogP contribution in [0.1, 0.15) is 18.1 Å². The van der Waals surface area contributed by atoms with Gasteiger partial charge in [0.25, 0.3) is 0 Å². The minimum atomic E-state index is -0.415. The van der Waals surface area contributed by atoms with Gasteiger partial charge in [-0.15, -0.1) is 0 Å². The lowest BCUT2D eigenvalue weighted by atomic mass is 10.1. The van der Waals surface area contributed by atoms with Gasteiger partial charge < -0.3 is 9.84 Å². The van der Waals surface area contributed by atoms with Crippen molar-refractivity contribution in [3.63, 3.8) is 0 Å². The van der Waals surface area contributed by atoms with Crippen LogP contribution < -0.4 is 4.74 Å². The minimum Gasteiger partial charge on any atom is -0.491 e. The lowest BCUT2D eigenvalue weighted by Gasteiger charge is -2.09. The van der Waals surface area contributed by atoms with Gasteiger partial charge in [-0.05, 0) is 44.0 Å². The Hall–Kier alpha value is -1.02. The molecule has 0 bridgehead atoms. The molecule has 1 atom stereocenters. The molecular formula is C11H16O2. The molecule has 0 fully saturated rings. The standard InChI is InChI=1S/C11H16O2/c1-8-4-5-11(6-9(8)2)13-7-10(3)12/h4-6,10,12H,7H2,1-3H3. The van der Waals surface area contributed by atoms with E-state index in [9.17, 15) is 0 Å². The van der Waals surface area contributed by atoms with Crippen molar-refractivity contribution in [2.75, 3.05) is 6.61 Å². The number of aryl methyl sites for hydroxylation is 2. The summed E-state index contributed by atoms with van der Waals surface area (Å²) in [6.45, 7) is 6.17. The van der Waals surface area contributed by atoms with Crippen LogP contribution in [0.4, 0.5) is 0 Å². The molecule has 13 heavy (non-hydrogen) atoms. The molecule has 0 radical (unpaired) electrons. The number of hydrogen-bond acceptors (Lipinski definition) is 2. The van der Waals surface area contributed by atoms with Gasteiger partial charge in [-0.2, -0.15) is 0 Å². The van der Waals surface area contributed by atoms with E-state index in [1.807, 2.05) is 25.1 Å². The predicted octanol–water partition coefficient (Wildman–Crippen LogP) is 2.06. The average Bonchev–Trinajstić information content (AvgIpc) is 2.07. The van der Waals surface area contributed by atoms with E-state index in [0.29, 0.717) is 6.61 Å². The van der Waals surface area contributed by atoms with Crippen LogP contribution in [0, 0.1) is 13.8 Å². The zero-order valence-electron chi connectivity index (χ0n) is 8.37. The third kappa shape index (κ3) is 3.07. The molecule has 0 amide bonds. The summed E-state index contributed by atoms with van der Waals surface area (Å²) >= 11 is 0. The Morgan fingerprint density at radius 3 is 2.54 bits per heavy atom. The highest BCUT2D eigenvalue weighted by atomic mass is 16.5. The molecule has 1 rings (SSSR count). The summed E-state index contributed by atoms with van der Waals surface area (Å²) in [5.74, 6) is 0.823. The van der Waals surface area contributed by atoms with Crippen molar-refractivity contribution in [2.24, 2.45) is 0 Å². The van der Waals surface area contributed by atoms with Gasteiger partial charge >= 0.3 is 0 Å². The smallest absolute Gasteiger partial charge is 0.119 e. The van der Waals surface area contributed by atoms with Crippen molar-refractivity contribution >= 4 is 0 Å². The average molecular weight is 180 g/mol. The summed E-state index contributed by atoms with van der Waals surface area (Å²) in [4.78, 5) is 0. The zero-order valence-corrected chi connectivity index (χ0v) is 8.37. The van der Waals surface area contributed by atoms with E-state index < -0.39 is 6.10 Å². The molecule has 1 unspecified atom stereocenters. The van der Waals surface area contributed by atoms with Gasteiger partial charge in [0.1, 0.15) is 12.4 Å². The third-order valence-corrected chi connectivity index (χ3v) is 1.97. The molecule has 2 nitrogen and oxygen atoms in total. The highest BCUT2D eigenvalue weighted by Gasteiger charge is 1.99. The number of rotatable bonds is 3. The largest absolute Gasteiger partial charge is 0.491 e. The van der Waals surface area contributed by atoms with E-state index >= 15 is 0 Å². The van der Waals surface area contributed by atoms with Crippen LogP contribution in [-0.2, 0) is 0 Å². The van der Waals surface area contributed by atoms with E-state index in [1.54, 1.807) is 6.92 Å². The summed E-state index contributed by atoms with van der Waals surface area (Å²) in [6, 6.07) is 5.93. The number of hydrogen-bond donors (Lipinski definition) is 1. The van der Waals surface area contributed by atoms with Crippen LogP contribution in [0.5, 0.6) is 5.75 Å². The van der Waals surface area contributed by atoms with Crippen molar-refractivity contribution in [2.45, 2.75) is 26.9 Å². The molecule has 1 aromatic rings. The fraction of sp³-hybridized carbons (Fsp3) is 0.455. The molecular weight excluding hydrogens is 164 g/mol. The number of aliphatic hydroxyl groups excluding tert-OH is 1. The molecule has 0 heterocycles. The van der Waals surface area contributed by atoms with E-state index in [4.69, 9.17) is 9.84 Å². The van der Waals surface area contributed by atoms with Crippen molar-refractivity contribution in [1.82, 2.24) is 0 Å². The summed E-state index contributed by atoms with van der Waals surface area (Å²) in [5.41, 5.74) is 2.47. The topological polar surface area (TPSA) is 29.5 Å². The van der Waals surface area contributed by atoms with Crippen LogP contribution >= 0.6 is 0 Å². The van der Waals surface area contributed by atoms with Crippen LogP contribution in [0.3, 0.4) is 0 Å². The SMILES string of the molecule is Cc1ccc(OCC(C)O)cc1C. The second kappa shape index (κ2) is 4.28. The molecule has 0 aliphatic heterocycles. The molecule has 0 aliphatic rings. The normalized spacial score (nSPS) is 12.6. The molecule has 2 heteroatoms. The summed E-state index contributed by atoms with van der Waals surface area (Å²) in [6.07, 6.45) is -0.415. The highest BCUT2D eigenvalue weighted by Crippen LogP contribution is 2.16. The minimum absolute atomic E-state index is 0.350. The van der Waals surface area contributed by atoms with E-state index in [1.165, 1.54) is 11.1 Å². The molecule has 72 valence electrons. The lowest BCUT2D eigenvalue weighted by Crippen LogP contribution is -2.12. The Morgan fingerprint density at radius 1 is 1.31 bits per heavy atom. The maximum Gasteiger partial charge on any atom is 0.119 e. The summed E-state index contributed by atoms with van der Waals surface area (Å²) in [5, 5.41) is 9.01. The number of benzene rings is 1. The predicted molar refractivity (Wildman–Crippen MR) is 53.1 cm³/mol. The Bertz CT molecular complexity index is 279. The lowest BCUT2D eigenvalue weighted by molar-refractivity contribution is 0.122. The Balaban J connectivity index is 2.63. The molecule has 0 aromatic heterocycles.